The van der Waals surface area contributed by atoms with E-state index in [0.29, 0.717) is 25.5 Å². The third-order valence-corrected chi connectivity index (χ3v) is 8.09. The molecule has 1 aromatic rings. The van der Waals surface area contributed by atoms with Gasteiger partial charge in [0.15, 0.2) is 0 Å². The number of nitrogens with zero attached hydrogens (tertiary/aromatic N) is 5. The molecule has 35 heavy (non-hydrogen) atoms. The highest BCUT2D eigenvalue weighted by Gasteiger charge is 2.58. The van der Waals surface area contributed by atoms with Crippen LogP contribution in [0.1, 0.15) is 72.3 Å². The zero-order chi connectivity index (χ0) is 25.3. The molecule has 2 amide bonds. The van der Waals surface area contributed by atoms with Gasteiger partial charge in [-0.05, 0) is 53.9 Å². The van der Waals surface area contributed by atoms with Crippen molar-refractivity contribution >= 4 is 23.6 Å². The summed E-state index contributed by atoms with van der Waals surface area (Å²) in [5, 5.41) is 0. The van der Waals surface area contributed by atoms with Gasteiger partial charge >= 0.3 is 6.09 Å². The summed E-state index contributed by atoms with van der Waals surface area (Å²) in [6.07, 6.45) is 3.86. The van der Waals surface area contributed by atoms with Crippen LogP contribution in [0.5, 0.6) is 0 Å². The molecule has 0 N–H and O–H groups in total. The summed E-state index contributed by atoms with van der Waals surface area (Å²) in [6, 6.07) is -0.160. The fraction of sp³-hybridized carbons (Fsp3) is 0.760. The number of ether oxygens (including phenoxy) is 1. The second kappa shape index (κ2) is 8.00. The van der Waals surface area contributed by atoms with Crippen LogP contribution in [0.2, 0.25) is 0 Å². The van der Waals surface area contributed by atoms with E-state index in [-0.39, 0.29) is 36.4 Å². The summed E-state index contributed by atoms with van der Waals surface area (Å²) in [7, 11) is 0. The summed E-state index contributed by atoms with van der Waals surface area (Å²) in [5.74, 6) is -3.48. The highest BCUT2D eigenvalue weighted by molar-refractivity contribution is 5.99. The van der Waals surface area contributed by atoms with E-state index in [9.17, 15) is 18.4 Å². The Morgan fingerprint density at radius 1 is 1.06 bits per heavy atom. The first-order valence-corrected chi connectivity index (χ1v) is 12.6. The highest BCUT2D eigenvalue weighted by Crippen LogP contribution is 2.56. The van der Waals surface area contributed by atoms with Gasteiger partial charge in [-0.3, -0.25) is 9.69 Å². The Bertz CT molecular complexity index is 1040. The first-order chi connectivity index (χ1) is 16.3. The lowest BCUT2D eigenvalue weighted by Gasteiger charge is -2.46. The van der Waals surface area contributed by atoms with Gasteiger partial charge in [0.1, 0.15) is 29.5 Å². The van der Waals surface area contributed by atoms with Crippen LogP contribution < -0.4 is 9.80 Å². The van der Waals surface area contributed by atoms with Crippen molar-refractivity contribution in [1.29, 1.82) is 0 Å². The zero-order valence-corrected chi connectivity index (χ0v) is 21.2. The van der Waals surface area contributed by atoms with Gasteiger partial charge in [0.25, 0.3) is 5.92 Å². The maximum Gasteiger partial charge on any atom is 0.410 e. The molecule has 2 aliphatic heterocycles. The molecule has 1 saturated heterocycles. The third-order valence-electron chi connectivity index (χ3n) is 8.09. The Balaban J connectivity index is 1.44. The Hall–Kier alpha value is -2.52. The number of carbonyl (C=O) groups is 2. The van der Waals surface area contributed by atoms with Gasteiger partial charge in [0.2, 0.25) is 5.91 Å². The molecule has 2 saturated carbocycles. The van der Waals surface area contributed by atoms with Crippen LogP contribution in [-0.2, 0) is 14.9 Å². The van der Waals surface area contributed by atoms with Crippen LogP contribution in [0.4, 0.5) is 25.2 Å². The fourth-order valence-corrected chi connectivity index (χ4v) is 5.91. The van der Waals surface area contributed by atoms with Gasteiger partial charge in [-0.25, -0.2) is 23.5 Å². The summed E-state index contributed by atoms with van der Waals surface area (Å²) < 4.78 is 33.8. The average molecular weight is 492 g/mol. The van der Waals surface area contributed by atoms with Crippen LogP contribution in [0.3, 0.4) is 0 Å². The molecule has 3 fully saturated rings. The molecule has 0 aromatic carbocycles. The number of hydrogen-bond donors (Lipinski definition) is 0. The number of fused-ring (bicyclic) bond motifs is 2. The van der Waals surface area contributed by atoms with Crippen molar-refractivity contribution in [3.8, 4) is 0 Å². The van der Waals surface area contributed by atoms with Crippen molar-refractivity contribution in [2.45, 2.75) is 95.7 Å². The lowest BCUT2D eigenvalue weighted by molar-refractivity contribution is -0.159. The third kappa shape index (κ3) is 3.93. The molecule has 1 unspecified atom stereocenters. The molecule has 5 rings (SSSR count). The number of carbonyl (C=O) groups excluding carboxylic acids is 2. The van der Waals surface area contributed by atoms with E-state index in [2.05, 4.69) is 14.9 Å². The number of hydrogen-bond acceptors (Lipinski definition) is 6. The van der Waals surface area contributed by atoms with Gasteiger partial charge < -0.3 is 14.5 Å². The summed E-state index contributed by atoms with van der Waals surface area (Å²) in [5.41, 5.74) is 0.0485. The summed E-state index contributed by atoms with van der Waals surface area (Å²) >= 11 is 0. The number of aromatic nitrogens is 2. The van der Waals surface area contributed by atoms with Gasteiger partial charge in [0, 0.05) is 49.1 Å². The minimum atomic E-state index is -2.94. The minimum Gasteiger partial charge on any atom is -0.444 e. The molecular formula is C25H35F2N5O3. The van der Waals surface area contributed by atoms with E-state index in [1.807, 2.05) is 34.6 Å². The van der Waals surface area contributed by atoms with Crippen LogP contribution in [0, 0.1) is 5.92 Å². The van der Waals surface area contributed by atoms with Gasteiger partial charge in [0.05, 0.1) is 0 Å². The van der Waals surface area contributed by atoms with Crippen LogP contribution in [0.25, 0.3) is 0 Å². The quantitative estimate of drug-likeness (QED) is 0.619. The number of amides is 2. The standard InChI is InChI=1S/C25H35F2N5O3/c1-15-12-31(22(34)35-23(3,4)5)16(2)11-30(15)19-18-20(29-14-28-19)32(13-24(18)8-6-9-24)21(33)17-7-10-25(17,26)27/h14-17H,6-13H2,1-5H3/t15-,16+,17?/m0/s1. The van der Waals surface area contributed by atoms with Gasteiger partial charge in [-0.15, -0.1) is 0 Å². The Morgan fingerprint density at radius 2 is 1.74 bits per heavy atom. The normalized spacial score (nSPS) is 28.9. The van der Waals surface area contributed by atoms with Gasteiger partial charge in [-0.2, -0.15) is 0 Å². The van der Waals surface area contributed by atoms with Crippen molar-refractivity contribution in [2.75, 3.05) is 29.4 Å². The monoisotopic (exact) mass is 491 g/mol. The lowest BCUT2D eigenvalue weighted by atomic mass is 9.66. The molecule has 1 aromatic heterocycles. The van der Waals surface area contributed by atoms with E-state index in [1.165, 1.54) is 11.2 Å². The molecule has 8 nitrogen and oxygen atoms in total. The minimum absolute atomic E-state index is 0.0458. The van der Waals surface area contributed by atoms with E-state index in [1.54, 1.807) is 4.90 Å². The molecule has 0 bridgehead atoms. The molecule has 192 valence electrons. The Labute approximate surface area is 205 Å². The van der Waals surface area contributed by atoms with Crippen molar-refractivity contribution < 1.29 is 23.1 Å². The number of rotatable bonds is 2. The van der Waals surface area contributed by atoms with E-state index >= 15 is 0 Å². The molecule has 1 spiro atoms. The predicted octanol–water partition coefficient (Wildman–Crippen LogP) is 4.12. The molecule has 4 aliphatic rings. The van der Waals surface area contributed by atoms with Crippen molar-refractivity contribution in [2.24, 2.45) is 5.92 Å². The highest BCUT2D eigenvalue weighted by atomic mass is 19.3. The van der Waals surface area contributed by atoms with Crippen LogP contribution in [0.15, 0.2) is 6.33 Å². The molecule has 0 radical (unpaired) electrons. The molecular weight excluding hydrogens is 456 g/mol. The van der Waals surface area contributed by atoms with E-state index in [0.717, 1.165) is 30.6 Å². The largest absolute Gasteiger partial charge is 0.444 e. The second-order valence-electron chi connectivity index (χ2n) is 11.8. The van der Waals surface area contributed by atoms with Crippen molar-refractivity contribution in [3.05, 3.63) is 11.9 Å². The van der Waals surface area contributed by atoms with Crippen molar-refractivity contribution in [3.63, 3.8) is 0 Å². The first-order valence-electron chi connectivity index (χ1n) is 12.6. The fourth-order valence-electron chi connectivity index (χ4n) is 5.91. The SMILES string of the molecule is C[C@@H]1CN(c2ncnc3c2C2(CCC2)CN3C(=O)C2CCC2(F)F)[C@@H](C)CN1C(=O)OC(C)(C)C. The van der Waals surface area contributed by atoms with E-state index in [4.69, 9.17) is 4.74 Å². The number of alkyl halides is 2. The summed E-state index contributed by atoms with van der Waals surface area (Å²) in [6.45, 7) is 11.0. The Morgan fingerprint density at radius 3 is 2.29 bits per heavy atom. The lowest BCUT2D eigenvalue weighted by Crippen LogP contribution is -2.59. The molecule has 3 heterocycles. The van der Waals surface area contributed by atoms with Crippen LogP contribution in [-0.4, -0.2) is 70.1 Å². The topological polar surface area (TPSA) is 78.9 Å². The first kappa shape index (κ1) is 24.2. The maximum atomic E-state index is 14.1. The predicted molar refractivity (Wildman–Crippen MR) is 127 cm³/mol. The maximum absolute atomic E-state index is 14.1. The smallest absolute Gasteiger partial charge is 0.410 e. The van der Waals surface area contributed by atoms with E-state index < -0.39 is 23.3 Å². The van der Waals surface area contributed by atoms with Crippen molar-refractivity contribution in [1.82, 2.24) is 14.9 Å². The summed E-state index contributed by atoms with van der Waals surface area (Å²) in [4.78, 5) is 40.5. The van der Waals surface area contributed by atoms with Crippen LogP contribution >= 0.6 is 0 Å². The zero-order valence-electron chi connectivity index (χ0n) is 21.2. The Kier molecular flexibility index (Phi) is 5.53. The number of piperazine rings is 1. The molecule has 10 heteroatoms. The molecule has 3 atom stereocenters. The second-order valence-corrected chi connectivity index (χ2v) is 11.8. The molecule has 2 aliphatic carbocycles. The average Bonchev–Trinajstić information content (AvgIpc) is 3.09. The van der Waals surface area contributed by atoms with Gasteiger partial charge in [-0.1, -0.05) is 6.42 Å². The number of anilines is 2. The number of halogens is 2.